The number of hydrogen-bond acceptors (Lipinski definition) is 5. The summed E-state index contributed by atoms with van der Waals surface area (Å²) >= 11 is 1.49. The second-order valence-electron chi connectivity index (χ2n) is 5.64. The molecule has 1 saturated heterocycles. The first-order valence-corrected chi connectivity index (χ1v) is 8.37. The lowest BCUT2D eigenvalue weighted by atomic mass is 10.2. The highest BCUT2D eigenvalue weighted by Gasteiger charge is 2.30. The minimum absolute atomic E-state index is 0.114. The first-order valence-electron chi connectivity index (χ1n) is 7.49. The van der Waals surface area contributed by atoms with Crippen LogP contribution in [-0.2, 0) is 4.79 Å². The molecule has 1 aromatic rings. The predicted molar refractivity (Wildman–Crippen MR) is 76.5 cm³/mol. The summed E-state index contributed by atoms with van der Waals surface area (Å²) in [4.78, 5) is 14.5. The van der Waals surface area contributed by atoms with Crippen LogP contribution in [-0.4, -0.2) is 49.4 Å². The third-order valence-electron chi connectivity index (χ3n) is 3.90. The van der Waals surface area contributed by atoms with Gasteiger partial charge in [-0.2, -0.15) is 0 Å². The maximum Gasteiger partial charge on any atom is 0.235 e. The molecule has 2 aliphatic rings. The second-order valence-corrected chi connectivity index (χ2v) is 6.94. The van der Waals surface area contributed by atoms with Crippen LogP contribution in [0.2, 0.25) is 0 Å². The number of aromatic nitrogens is 4. The fourth-order valence-corrected chi connectivity index (χ4v) is 3.51. The number of nitrogens with zero attached hydrogens (tertiary/aromatic N) is 5. The summed E-state index contributed by atoms with van der Waals surface area (Å²) in [6, 6.07) is 0.452. The first kappa shape index (κ1) is 13.9. The summed E-state index contributed by atoms with van der Waals surface area (Å²) in [7, 11) is 0. The molecule has 20 heavy (non-hydrogen) atoms. The maximum absolute atomic E-state index is 12.5. The van der Waals surface area contributed by atoms with Crippen molar-refractivity contribution in [3.05, 3.63) is 0 Å². The van der Waals surface area contributed by atoms with Crippen LogP contribution in [0.1, 0.15) is 51.5 Å². The highest BCUT2D eigenvalue weighted by atomic mass is 32.2. The molecule has 1 saturated carbocycles. The van der Waals surface area contributed by atoms with E-state index >= 15 is 0 Å². The smallest absolute Gasteiger partial charge is 0.235 e. The second kappa shape index (κ2) is 6.11. The van der Waals surface area contributed by atoms with Gasteiger partial charge in [0.05, 0.1) is 11.3 Å². The quantitative estimate of drug-likeness (QED) is 0.794. The summed E-state index contributed by atoms with van der Waals surface area (Å²) in [5.41, 5.74) is 0. The molecule has 6 nitrogen and oxygen atoms in total. The maximum atomic E-state index is 12.5. The molecular weight excluding hydrogens is 274 g/mol. The Hall–Kier alpha value is -1.11. The van der Waals surface area contributed by atoms with Gasteiger partial charge in [0.1, 0.15) is 0 Å². The molecule has 0 radical (unpaired) electrons. The van der Waals surface area contributed by atoms with Crippen molar-refractivity contribution in [3.8, 4) is 0 Å². The van der Waals surface area contributed by atoms with E-state index in [0.29, 0.717) is 6.04 Å². The van der Waals surface area contributed by atoms with Crippen LogP contribution in [0.25, 0.3) is 0 Å². The highest BCUT2D eigenvalue weighted by Crippen LogP contribution is 2.37. The molecule has 1 aliphatic heterocycles. The largest absolute Gasteiger partial charge is 0.342 e. The van der Waals surface area contributed by atoms with Crippen LogP contribution >= 0.6 is 11.8 Å². The van der Waals surface area contributed by atoms with Crippen molar-refractivity contribution in [2.24, 2.45) is 0 Å². The third-order valence-corrected chi connectivity index (χ3v) is 4.94. The SMILES string of the molecule is C[C@H](Sc1nnnn1C1CC1)C(=O)N1CCCCCC1. The molecule has 1 amide bonds. The van der Waals surface area contributed by atoms with Crippen LogP contribution < -0.4 is 0 Å². The van der Waals surface area contributed by atoms with Crippen molar-refractivity contribution in [3.63, 3.8) is 0 Å². The topological polar surface area (TPSA) is 63.9 Å². The van der Waals surface area contributed by atoms with Crippen molar-refractivity contribution >= 4 is 17.7 Å². The van der Waals surface area contributed by atoms with Gasteiger partial charge in [-0.15, -0.1) is 5.10 Å². The molecule has 1 atom stereocenters. The summed E-state index contributed by atoms with van der Waals surface area (Å²) in [5, 5.41) is 12.5. The first-order chi connectivity index (χ1) is 9.75. The van der Waals surface area contributed by atoms with Gasteiger partial charge in [-0.3, -0.25) is 4.79 Å². The van der Waals surface area contributed by atoms with Crippen LogP contribution in [0, 0.1) is 0 Å². The zero-order valence-electron chi connectivity index (χ0n) is 11.9. The fourth-order valence-electron chi connectivity index (χ4n) is 2.57. The highest BCUT2D eigenvalue weighted by molar-refractivity contribution is 8.00. The number of likely N-dealkylation sites (tertiary alicyclic amines) is 1. The van der Waals surface area contributed by atoms with E-state index in [1.807, 2.05) is 16.5 Å². The summed E-state index contributed by atoms with van der Waals surface area (Å²) in [6.07, 6.45) is 7.03. The van der Waals surface area contributed by atoms with E-state index < -0.39 is 0 Å². The minimum Gasteiger partial charge on any atom is -0.342 e. The van der Waals surface area contributed by atoms with E-state index in [0.717, 1.165) is 43.9 Å². The van der Waals surface area contributed by atoms with Gasteiger partial charge in [-0.25, -0.2) is 4.68 Å². The molecule has 110 valence electrons. The van der Waals surface area contributed by atoms with Crippen molar-refractivity contribution in [2.45, 2.75) is 61.9 Å². The molecule has 0 bridgehead atoms. The van der Waals surface area contributed by atoms with Gasteiger partial charge in [-0.1, -0.05) is 24.6 Å². The lowest BCUT2D eigenvalue weighted by molar-refractivity contribution is -0.130. The standard InChI is InChI=1S/C13H21N5OS/c1-10(12(19)17-8-4-2-3-5-9-17)20-13-14-15-16-18(13)11-6-7-11/h10-11H,2-9H2,1H3/t10-/m0/s1. The Kier molecular flexibility index (Phi) is 4.24. The summed E-state index contributed by atoms with van der Waals surface area (Å²) < 4.78 is 1.87. The number of carbonyl (C=O) groups excluding carboxylic acids is 1. The number of tetrazole rings is 1. The fraction of sp³-hybridized carbons (Fsp3) is 0.846. The Morgan fingerprint density at radius 3 is 2.60 bits per heavy atom. The van der Waals surface area contributed by atoms with E-state index in [4.69, 9.17) is 0 Å². The van der Waals surface area contributed by atoms with E-state index in [1.165, 1.54) is 24.6 Å². The molecule has 1 aromatic heterocycles. The van der Waals surface area contributed by atoms with Crippen molar-refractivity contribution in [2.75, 3.05) is 13.1 Å². The molecule has 0 N–H and O–H groups in total. The number of carbonyl (C=O) groups is 1. The summed E-state index contributed by atoms with van der Waals surface area (Å²) in [6.45, 7) is 3.76. The third kappa shape index (κ3) is 3.13. The molecule has 2 fully saturated rings. The molecular formula is C13H21N5OS. The minimum atomic E-state index is -0.114. The molecule has 1 aliphatic carbocycles. The molecule has 7 heteroatoms. The monoisotopic (exact) mass is 295 g/mol. The van der Waals surface area contributed by atoms with Crippen molar-refractivity contribution in [1.29, 1.82) is 0 Å². The Morgan fingerprint density at radius 2 is 1.95 bits per heavy atom. The zero-order valence-corrected chi connectivity index (χ0v) is 12.7. The molecule has 0 aromatic carbocycles. The number of amides is 1. The van der Waals surface area contributed by atoms with Crippen molar-refractivity contribution in [1.82, 2.24) is 25.1 Å². The van der Waals surface area contributed by atoms with Gasteiger partial charge in [0.15, 0.2) is 0 Å². The molecule has 0 spiro atoms. The molecule has 2 heterocycles. The van der Waals surface area contributed by atoms with Crippen LogP contribution in [0.4, 0.5) is 0 Å². The average Bonchev–Trinajstić information content (AvgIpc) is 3.24. The van der Waals surface area contributed by atoms with Crippen molar-refractivity contribution < 1.29 is 4.79 Å². The average molecular weight is 295 g/mol. The Bertz CT molecular complexity index is 465. The van der Waals surface area contributed by atoms with E-state index in [-0.39, 0.29) is 11.2 Å². The number of thioether (sulfide) groups is 1. The van der Waals surface area contributed by atoms with E-state index in [9.17, 15) is 4.79 Å². The molecule has 3 rings (SSSR count). The van der Waals surface area contributed by atoms with E-state index in [2.05, 4.69) is 15.5 Å². The van der Waals surface area contributed by atoms with Gasteiger partial charge in [0.25, 0.3) is 0 Å². The van der Waals surface area contributed by atoms with Gasteiger partial charge in [0, 0.05) is 13.1 Å². The van der Waals surface area contributed by atoms with E-state index in [1.54, 1.807) is 0 Å². The summed E-state index contributed by atoms with van der Waals surface area (Å²) in [5.74, 6) is 0.224. The Labute approximate surface area is 123 Å². The zero-order chi connectivity index (χ0) is 13.9. The van der Waals surface area contributed by atoms with Crippen LogP contribution in [0.15, 0.2) is 5.16 Å². The predicted octanol–water partition coefficient (Wildman–Crippen LogP) is 1.89. The van der Waals surface area contributed by atoms with Crippen LogP contribution in [0.5, 0.6) is 0 Å². The van der Waals surface area contributed by atoms with Gasteiger partial charge < -0.3 is 4.90 Å². The lowest BCUT2D eigenvalue weighted by Gasteiger charge is -2.23. The number of hydrogen-bond donors (Lipinski definition) is 0. The van der Waals surface area contributed by atoms with Crippen LogP contribution in [0.3, 0.4) is 0 Å². The number of rotatable bonds is 4. The normalized spacial score (nSPS) is 21.6. The molecule has 0 unspecified atom stereocenters. The van der Waals surface area contributed by atoms with Gasteiger partial charge in [-0.05, 0) is 43.0 Å². The Balaban J connectivity index is 1.61. The Morgan fingerprint density at radius 1 is 1.25 bits per heavy atom. The lowest BCUT2D eigenvalue weighted by Crippen LogP contribution is -2.37. The van der Waals surface area contributed by atoms with Gasteiger partial charge >= 0.3 is 0 Å². The van der Waals surface area contributed by atoms with Gasteiger partial charge in [0.2, 0.25) is 11.1 Å².